The molecule has 0 aromatic heterocycles. The van der Waals surface area contributed by atoms with Crippen LogP contribution >= 0.6 is 0 Å². The molecule has 1 aliphatic carbocycles. The van der Waals surface area contributed by atoms with Gasteiger partial charge in [-0.15, -0.1) is 0 Å². The van der Waals surface area contributed by atoms with E-state index in [0.29, 0.717) is 17.4 Å². The van der Waals surface area contributed by atoms with Crippen molar-refractivity contribution in [2.75, 3.05) is 12.4 Å². The summed E-state index contributed by atoms with van der Waals surface area (Å²) in [5.41, 5.74) is 0.665. The lowest BCUT2D eigenvalue weighted by atomic mass is 9.89. The van der Waals surface area contributed by atoms with E-state index in [-0.39, 0.29) is 6.03 Å². The first-order valence-electron chi connectivity index (χ1n) is 7.17. The molecule has 1 aliphatic rings. The number of amides is 2. The standard InChI is InChI=1S/C16H22N2O2/c1-20-15-10-6-5-9-14(15)18-16(19)17-12-11-13-7-3-2-4-8-13/h5-6,9-13H,2-4,7-8H2,1H3,(H2,17,18,19)/b12-11+. The molecule has 0 unspecified atom stereocenters. The highest BCUT2D eigenvalue weighted by molar-refractivity contribution is 5.91. The summed E-state index contributed by atoms with van der Waals surface area (Å²) in [6.07, 6.45) is 10.2. The predicted octanol–water partition coefficient (Wildman–Crippen LogP) is 3.91. The SMILES string of the molecule is COc1ccccc1NC(=O)N/C=C/C1CCCCC1. The molecule has 20 heavy (non-hydrogen) atoms. The Morgan fingerprint density at radius 3 is 2.75 bits per heavy atom. The van der Waals surface area contributed by atoms with Gasteiger partial charge in [0.15, 0.2) is 0 Å². The molecular formula is C16H22N2O2. The Labute approximate surface area is 120 Å². The van der Waals surface area contributed by atoms with Gasteiger partial charge in [-0.25, -0.2) is 4.79 Å². The summed E-state index contributed by atoms with van der Waals surface area (Å²) < 4.78 is 5.19. The number of hydrogen-bond acceptors (Lipinski definition) is 2. The van der Waals surface area contributed by atoms with Crippen LogP contribution in [0.2, 0.25) is 0 Å². The molecule has 4 heteroatoms. The molecule has 0 spiro atoms. The Hall–Kier alpha value is -1.97. The number of nitrogens with one attached hydrogen (secondary N) is 2. The zero-order valence-corrected chi connectivity index (χ0v) is 11.9. The molecule has 2 rings (SSSR count). The average molecular weight is 274 g/mol. The molecule has 108 valence electrons. The van der Waals surface area contributed by atoms with Crippen molar-refractivity contribution in [3.63, 3.8) is 0 Å². The summed E-state index contributed by atoms with van der Waals surface area (Å²) in [5, 5.41) is 5.52. The van der Waals surface area contributed by atoms with Crippen LogP contribution in [0.25, 0.3) is 0 Å². The first kappa shape index (κ1) is 14.4. The van der Waals surface area contributed by atoms with Crippen LogP contribution in [0.4, 0.5) is 10.5 Å². The number of anilines is 1. The molecule has 2 N–H and O–H groups in total. The van der Waals surface area contributed by atoms with Crippen LogP contribution in [0.15, 0.2) is 36.5 Å². The number of carbonyl (C=O) groups is 1. The molecule has 0 atom stereocenters. The topological polar surface area (TPSA) is 50.4 Å². The van der Waals surface area contributed by atoms with E-state index in [2.05, 4.69) is 16.7 Å². The van der Waals surface area contributed by atoms with E-state index in [1.165, 1.54) is 32.1 Å². The third-order valence-electron chi connectivity index (χ3n) is 3.59. The Morgan fingerprint density at radius 2 is 2.00 bits per heavy atom. The largest absolute Gasteiger partial charge is 0.495 e. The number of para-hydroxylation sites is 2. The monoisotopic (exact) mass is 274 g/mol. The fourth-order valence-electron chi connectivity index (χ4n) is 2.49. The molecule has 1 saturated carbocycles. The van der Waals surface area contributed by atoms with Crippen LogP contribution in [0, 0.1) is 5.92 Å². The first-order chi connectivity index (χ1) is 9.79. The number of hydrogen-bond donors (Lipinski definition) is 2. The first-order valence-corrected chi connectivity index (χ1v) is 7.17. The van der Waals surface area contributed by atoms with Gasteiger partial charge in [-0.1, -0.05) is 37.5 Å². The van der Waals surface area contributed by atoms with Crippen LogP contribution in [-0.2, 0) is 0 Å². The van der Waals surface area contributed by atoms with Gasteiger partial charge < -0.3 is 15.4 Å². The Bertz CT molecular complexity index is 465. The molecule has 1 aromatic carbocycles. The smallest absolute Gasteiger partial charge is 0.323 e. The zero-order chi connectivity index (χ0) is 14.2. The van der Waals surface area contributed by atoms with Gasteiger partial charge in [0.2, 0.25) is 0 Å². The van der Waals surface area contributed by atoms with Crippen molar-refractivity contribution in [1.29, 1.82) is 0 Å². The summed E-state index contributed by atoms with van der Waals surface area (Å²) in [7, 11) is 1.58. The maximum Gasteiger partial charge on any atom is 0.323 e. The van der Waals surface area contributed by atoms with Gasteiger partial charge in [0, 0.05) is 6.20 Å². The highest BCUT2D eigenvalue weighted by Gasteiger charge is 2.10. The lowest BCUT2D eigenvalue weighted by Gasteiger charge is -2.17. The van der Waals surface area contributed by atoms with Crippen molar-refractivity contribution in [3.05, 3.63) is 36.5 Å². The number of urea groups is 1. The summed E-state index contributed by atoms with van der Waals surface area (Å²) in [6, 6.07) is 7.10. The molecular weight excluding hydrogens is 252 g/mol. The van der Waals surface area contributed by atoms with E-state index in [0.717, 1.165) is 0 Å². The van der Waals surface area contributed by atoms with Crippen LogP contribution in [-0.4, -0.2) is 13.1 Å². The number of ether oxygens (including phenoxy) is 1. The molecule has 0 bridgehead atoms. The third-order valence-corrected chi connectivity index (χ3v) is 3.59. The minimum Gasteiger partial charge on any atom is -0.495 e. The van der Waals surface area contributed by atoms with Gasteiger partial charge in [-0.05, 0) is 30.9 Å². The van der Waals surface area contributed by atoms with Crippen molar-refractivity contribution in [3.8, 4) is 5.75 Å². The number of methoxy groups -OCH3 is 1. The maximum absolute atomic E-state index is 11.8. The van der Waals surface area contributed by atoms with Gasteiger partial charge in [-0.3, -0.25) is 0 Å². The number of benzene rings is 1. The average Bonchev–Trinajstić information content (AvgIpc) is 2.49. The second-order valence-corrected chi connectivity index (χ2v) is 5.06. The number of allylic oxidation sites excluding steroid dienone is 1. The van der Waals surface area contributed by atoms with E-state index in [1.54, 1.807) is 13.3 Å². The lowest BCUT2D eigenvalue weighted by Crippen LogP contribution is -2.24. The van der Waals surface area contributed by atoms with Gasteiger partial charge in [0.1, 0.15) is 5.75 Å². The predicted molar refractivity (Wildman–Crippen MR) is 80.9 cm³/mol. The van der Waals surface area contributed by atoms with Crippen LogP contribution < -0.4 is 15.4 Å². The fourth-order valence-corrected chi connectivity index (χ4v) is 2.49. The molecule has 4 nitrogen and oxygen atoms in total. The van der Waals surface area contributed by atoms with Gasteiger partial charge in [0.05, 0.1) is 12.8 Å². The Morgan fingerprint density at radius 1 is 1.25 bits per heavy atom. The minimum absolute atomic E-state index is 0.249. The van der Waals surface area contributed by atoms with Gasteiger partial charge in [-0.2, -0.15) is 0 Å². The third kappa shape index (κ3) is 4.30. The molecule has 1 aromatic rings. The fraction of sp³-hybridized carbons (Fsp3) is 0.438. The molecule has 1 fully saturated rings. The highest BCUT2D eigenvalue weighted by atomic mass is 16.5. The van der Waals surface area contributed by atoms with Crippen LogP contribution in [0.3, 0.4) is 0 Å². The summed E-state index contributed by atoms with van der Waals surface area (Å²) in [6.45, 7) is 0. The van der Waals surface area contributed by atoms with Crippen molar-refractivity contribution >= 4 is 11.7 Å². The highest BCUT2D eigenvalue weighted by Crippen LogP contribution is 2.24. The molecule has 0 heterocycles. The van der Waals surface area contributed by atoms with E-state index in [1.807, 2.05) is 24.3 Å². The van der Waals surface area contributed by atoms with E-state index >= 15 is 0 Å². The lowest BCUT2D eigenvalue weighted by molar-refractivity contribution is 0.255. The molecule has 0 saturated heterocycles. The van der Waals surface area contributed by atoms with E-state index < -0.39 is 0 Å². The normalized spacial score (nSPS) is 16.1. The molecule has 0 aliphatic heterocycles. The second-order valence-electron chi connectivity index (χ2n) is 5.06. The number of carbonyl (C=O) groups excluding carboxylic acids is 1. The van der Waals surface area contributed by atoms with Gasteiger partial charge in [0.25, 0.3) is 0 Å². The zero-order valence-electron chi connectivity index (χ0n) is 11.9. The van der Waals surface area contributed by atoms with E-state index in [4.69, 9.17) is 4.74 Å². The van der Waals surface area contributed by atoms with Crippen molar-refractivity contribution in [2.24, 2.45) is 5.92 Å². The van der Waals surface area contributed by atoms with Crippen LogP contribution in [0.5, 0.6) is 5.75 Å². The van der Waals surface area contributed by atoms with Crippen molar-refractivity contribution < 1.29 is 9.53 Å². The second kappa shape index (κ2) is 7.58. The van der Waals surface area contributed by atoms with Crippen LogP contribution in [0.1, 0.15) is 32.1 Å². The number of rotatable bonds is 4. The van der Waals surface area contributed by atoms with Crippen molar-refractivity contribution in [2.45, 2.75) is 32.1 Å². The van der Waals surface area contributed by atoms with E-state index in [9.17, 15) is 4.79 Å². The summed E-state index contributed by atoms with van der Waals surface area (Å²) >= 11 is 0. The minimum atomic E-state index is -0.249. The Balaban J connectivity index is 1.81. The molecule has 2 amide bonds. The molecule has 0 radical (unpaired) electrons. The Kier molecular flexibility index (Phi) is 5.47. The van der Waals surface area contributed by atoms with Gasteiger partial charge >= 0.3 is 6.03 Å². The van der Waals surface area contributed by atoms with Crippen molar-refractivity contribution in [1.82, 2.24) is 5.32 Å². The maximum atomic E-state index is 11.8. The summed E-state index contributed by atoms with van der Waals surface area (Å²) in [4.78, 5) is 11.8. The quantitative estimate of drug-likeness (QED) is 0.874. The summed E-state index contributed by atoms with van der Waals surface area (Å²) in [5.74, 6) is 1.26.